The lowest BCUT2D eigenvalue weighted by Crippen LogP contribution is -2.31. The minimum atomic E-state index is -0.701. The molecule has 166 valence electrons. The second-order valence-electron chi connectivity index (χ2n) is 8.42. The third-order valence-electron chi connectivity index (χ3n) is 6.25. The van der Waals surface area contributed by atoms with E-state index in [0.29, 0.717) is 35.8 Å². The summed E-state index contributed by atoms with van der Waals surface area (Å²) < 4.78 is 10.3. The highest BCUT2D eigenvalue weighted by Gasteiger charge is 2.50. The first kappa shape index (κ1) is 21.7. The molecule has 2 amide bonds. The summed E-state index contributed by atoms with van der Waals surface area (Å²) in [4.78, 5) is 51.9. The van der Waals surface area contributed by atoms with Crippen LogP contribution in [-0.2, 0) is 14.3 Å². The summed E-state index contributed by atoms with van der Waals surface area (Å²) in [7, 11) is 1.50. The lowest BCUT2D eigenvalue weighted by Gasteiger charge is -2.25. The van der Waals surface area contributed by atoms with E-state index in [9.17, 15) is 19.2 Å². The average molecular weight is 435 g/mol. The molecule has 1 aliphatic heterocycles. The zero-order valence-electron chi connectivity index (χ0n) is 18.1. The molecule has 0 N–H and O–H groups in total. The molecule has 4 rings (SSSR count). The number of imide groups is 1. The van der Waals surface area contributed by atoms with Crippen LogP contribution in [0.2, 0.25) is 0 Å². The van der Waals surface area contributed by atoms with Gasteiger partial charge < -0.3 is 9.47 Å². The van der Waals surface area contributed by atoms with Gasteiger partial charge in [0, 0.05) is 5.56 Å². The standard InChI is InChI=1S/C25H25NO6/c1-15-9-10-20-21(11-15)24(29)26(23(20)28)18-7-3-6-17(12-18)25(30)32-14-22(27)16-5-4-8-19(13-16)31-2/h3-8,12-13,15,20-21H,9-11,14H2,1-2H3/t15-,20-,21-/m1/s1. The maximum absolute atomic E-state index is 12.9. The van der Waals surface area contributed by atoms with Crippen LogP contribution in [-0.4, -0.2) is 37.3 Å². The fourth-order valence-corrected chi connectivity index (χ4v) is 4.51. The van der Waals surface area contributed by atoms with Gasteiger partial charge in [0.2, 0.25) is 11.8 Å². The number of rotatable bonds is 6. The highest BCUT2D eigenvalue weighted by molar-refractivity contribution is 6.22. The number of carbonyl (C=O) groups is 4. The number of fused-ring (bicyclic) bond motifs is 1. The molecule has 2 fully saturated rings. The van der Waals surface area contributed by atoms with Gasteiger partial charge in [0.1, 0.15) is 5.75 Å². The molecule has 1 saturated heterocycles. The number of methoxy groups -OCH3 is 1. The van der Waals surface area contributed by atoms with Crippen LogP contribution in [0, 0.1) is 17.8 Å². The highest BCUT2D eigenvalue weighted by Crippen LogP contribution is 2.42. The number of amides is 2. The number of benzene rings is 2. The Kier molecular flexibility index (Phi) is 6.08. The van der Waals surface area contributed by atoms with E-state index in [1.165, 1.54) is 24.1 Å². The van der Waals surface area contributed by atoms with Crippen LogP contribution in [0.25, 0.3) is 0 Å². The van der Waals surface area contributed by atoms with Crippen molar-refractivity contribution in [1.82, 2.24) is 0 Å². The summed E-state index contributed by atoms with van der Waals surface area (Å²) >= 11 is 0. The second kappa shape index (κ2) is 8.94. The maximum atomic E-state index is 12.9. The maximum Gasteiger partial charge on any atom is 0.338 e. The van der Waals surface area contributed by atoms with Crippen molar-refractivity contribution in [2.75, 3.05) is 18.6 Å². The fraction of sp³-hybridized carbons (Fsp3) is 0.360. The van der Waals surface area contributed by atoms with Gasteiger partial charge in [-0.25, -0.2) is 4.79 Å². The van der Waals surface area contributed by atoms with E-state index in [0.717, 1.165) is 6.42 Å². The molecule has 0 aromatic heterocycles. The Bertz CT molecular complexity index is 1080. The first-order valence-corrected chi connectivity index (χ1v) is 10.7. The summed E-state index contributed by atoms with van der Waals surface area (Å²) in [5, 5.41) is 0. The molecule has 0 unspecified atom stereocenters. The van der Waals surface area contributed by atoms with Crippen LogP contribution in [0.3, 0.4) is 0 Å². The zero-order valence-corrected chi connectivity index (χ0v) is 18.1. The van der Waals surface area contributed by atoms with Crippen molar-refractivity contribution in [3.8, 4) is 5.75 Å². The van der Waals surface area contributed by atoms with Gasteiger partial charge in [-0.15, -0.1) is 0 Å². The first-order valence-electron chi connectivity index (χ1n) is 10.7. The molecule has 1 saturated carbocycles. The molecule has 0 spiro atoms. The van der Waals surface area contributed by atoms with Crippen molar-refractivity contribution < 1.29 is 28.7 Å². The fourth-order valence-electron chi connectivity index (χ4n) is 4.51. The lowest BCUT2D eigenvalue weighted by molar-refractivity contribution is -0.122. The quantitative estimate of drug-likeness (QED) is 0.391. The summed E-state index contributed by atoms with van der Waals surface area (Å²) in [6.07, 6.45) is 2.35. The second-order valence-corrected chi connectivity index (χ2v) is 8.42. The molecule has 2 aromatic rings. The van der Waals surface area contributed by atoms with Gasteiger partial charge in [-0.2, -0.15) is 0 Å². The normalized spacial score (nSPS) is 22.4. The largest absolute Gasteiger partial charge is 0.497 e. The Balaban J connectivity index is 1.46. The van der Waals surface area contributed by atoms with Crippen molar-refractivity contribution in [2.45, 2.75) is 26.2 Å². The van der Waals surface area contributed by atoms with Crippen molar-refractivity contribution in [2.24, 2.45) is 17.8 Å². The van der Waals surface area contributed by atoms with E-state index in [-0.39, 0.29) is 35.0 Å². The van der Waals surface area contributed by atoms with Crippen LogP contribution in [0.15, 0.2) is 48.5 Å². The Morgan fingerprint density at radius 3 is 2.47 bits per heavy atom. The predicted octanol–water partition coefficient (Wildman–Crippen LogP) is 3.66. The first-order chi connectivity index (χ1) is 15.4. The number of esters is 1. The van der Waals surface area contributed by atoms with E-state index in [4.69, 9.17) is 9.47 Å². The molecular weight excluding hydrogens is 410 g/mol. The van der Waals surface area contributed by atoms with Crippen LogP contribution in [0.1, 0.15) is 46.9 Å². The van der Waals surface area contributed by atoms with Gasteiger partial charge in [0.25, 0.3) is 0 Å². The predicted molar refractivity (Wildman–Crippen MR) is 117 cm³/mol. The molecule has 0 radical (unpaired) electrons. The van der Waals surface area contributed by atoms with Crippen LogP contribution >= 0.6 is 0 Å². The van der Waals surface area contributed by atoms with Crippen molar-refractivity contribution in [3.05, 3.63) is 59.7 Å². The van der Waals surface area contributed by atoms with Gasteiger partial charge in [-0.05, 0) is 55.5 Å². The lowest BCUT2D eigenvalue weighted by atomic mass is 9.76. The van der Waals surface area contributed by atoms with Crippen molar-refractivity contribution in [1.29, 1.82) is 0 Å². The topological polar surface area (TPSA) is 90.0 Å². The SMILES string of the molecule is COc1cccc(C(=O)COC(=O)c2cccc(N3C(=O)[C@@H]4CC[C@@H](C)C[C@H]4C3=O)c2)c1. The van der Waals surface area contributed by atoms with Crippen LogP contribution in [0.4, 0.5) is 5.69 Å². The van der Waals surface area contributed by atoms with E-state index in [1.54, 1.807) is 36.4 Å². The monoisotopic (exact) mass is 435 g/mol. The van der Waals surface area contributed by atoms with Gasteiger partial charge in [0.15, 0.2) is 12.4 Å². The molecule has 0 bridgehead atoms. The van der Waals surface area contributed by atoms with E-state index in [2.05, 4.69) is 6.92 Å². The Hall–Kier alpha value is -3.48. The van der Waals surface area contributed by atoms with Gasteiger partial charge in [-0.3, -0.25) is 19.3 Å². The number of anilines is 1. The van der Waals surface area contributed by atoms with E-state index in [1.807, 2.05) is 0 Å². The number of ketones is 1. The molecule has 2 aliphatic rings. The highest BCUT2D eigenvalue weighted by atomic mass is 16.5. The Labute approximate surface area is 186 Å². The zero-order chi connectivity index (χ0) is 22.8. The number of hydrogen-bond donors (Lipinski definition) is 0. The average Bonchev–Trinajstić information content (AvgIpc) is 3.06. The summed E-state index contributed by atoms with van der Waals surface area (Å²) in [6, 6.07) is 12.8. The van der Waals surface area contributed by atoms with E-state index >= 15 is 0 Å². The van der Waals surface area contributed by atoms with Gasteiger partial charge in [-0.1, -0.05) is 25.1 Å². The Morgan fingerprint density at radius 2 is 1.69 bits per heavy atom. The van der Waals surface area contributed by atoms with Gasteiger partial charge in [0.05, 0.1) is 30.2 Å². The number of ether oxygens (including phenoxy) is 2. The summed E-state index contributed by atoms with van der Waals surface area (Å²) in [5.74, 6) is -1.10. The number of carbonyl (C=O) groups excluding carboxylic acids is 4. The minimum Gasteiger partial charge on any atom is -0.497 e. The van der Waals surface area contributed by atoms with Gasteiger partial charge >= 0.3 is 5.97 Å². The molecule has 1 heterocycles. The molecule has 7 nitrogen and oxygen atoms in total. The molecule has 2 aromatic carbocycles. The molecule has 1 aliphatic carbocycles. The number of Topliss-reactive ketones (excluding diaryl/α,β-unsaturated/α-hetero) is 1. The third-order valence-corrected chi connectivity index (χ3v) is 6.25. The van der Waals surface area contributed by atoms with Crippen molar-refractivity contribution >= 4 is 29.3 Å². The summed E-state index contributed by atoms with van der Waals surface area (Å²) in [5.41, 5.74) is 0.899. The molecule has 32 heavy (non-hydrogen) atoms. The molecule has 3 atom stereocenters. The van der Waals surface area contributed by atoms with Crippen molar-refractivity contribution in [3.63, 3.8) is 0 Å². The number of hydrogen-bond acceptors (Lipinski definition) is 6. The molecular formula is C25H25NO6. The summed E-state index contributed by atoms with van der Waals surface area (Å²) in [6.45, 7) is 1.67. The minimum absolute atomic E-state index is 0.171. The van der Waals surface area contributed by atoms with Crippen LogP contribution < -0.4 is 9.64 Å². The number of nitrogens with zero attached hydrogens (tertiary/aromatic N) is 1. The smallest absolute Gasteiger partial charge is 0.338 e. The third kappa shape index (κ3) is 4.15. The Morgan fingerprint density at radius 1 is 0.969 bits per heavy atom. The molecule has 7 heteroatoms. The van der Waals surface area contributed by atoms with E-state index < -0.39 is 12.6 Å². The van der Waals surface area contributed by atoms with Crippen LogP contribution in [0.5, 0.6) is 5.75 Å².